The number of halogens is 1. The number of carbonyl (C=O) groups excluding carboxylic acids is 1. The quantitative estimate of drug-likeness (QED) is 0.427. The molecule has 3 nitrogen and oxygen atoms in total. The first-order valence-electron chi connectivity index (χ1n) is 9.08. The van der Waals surface area contributed by atoms with Crippen LogP contribution in [0.15, 0.2) is 54.6 Å². The van der Waals surface area contributed by atoms with Crippen molar-refractivity contribution in [1.29, 1.82) is 0 Å². The molecule has 0 aromatic heterocycles. The van der Waals surface area contributed by atoms with Gasteiger partial charge in [-0.15, -0.1) is 0 Å². The Kier molecular flexibility index (Phi) is 8.77. The monoisotopic (exact) mass is 371 g/mol. The van der Waals surface area contributed by atoms with Gasteiger partial charge in [0, 0.05) is 17.3 Å². The standard InChI is InChI=1S/C22H26ClNO2/c1-2-26-22(25)17-19-10-14-21(15-11-19)24-16-6-4-3-5-7-18-8-12-20(23)13-9-18/h5,7-15,24H,2-4,6,16-17H2,1H3/b7-5+. The molecule has 0 saturated carbocycles. The van der Waals surface area contributed by atoms with Crippen LogP contribution < -0.4 is 5.32 Å². The largest absolute Gasteiger partial charge is 0.466 e. The van der Waals surface area contributed by atoms with Crippen molar-refractivity contribution in [3.05, 3.63) is 70.8 Å². The van der Waals surface area contributed by atoms with Crippen molar-refractivity contribution in [2.24, 2.45) is 0 Å². The summed E-state index contributed by atoms with van der Waals surface area (Å²) < 4.78 is 4.96. The summed E-state index contributed by atoms with van der Waals surface area (Å²) in [6, 6.07) is 15.8. The van der Waals surface area contributed by atoms with Crippen molar-refractivity contribution in [3.8, 4) is 0 Å². The van der Waals surface area contributed by atoms with Crippen molar-refractivity contribution in [3.63, 3.8) is 0 Å². The number of benzene rings is 2. The van der Waals surface area contributed by atoms with Gasteiger partial charge in [-0.3, -0.25) is 4.79 Å². The Morgan fingerprint density at radius 1 is 1.08 bits per heavy atom. The molecule has 0 atom stereocenters. The molecule has 0 fully saturated rings. The van der Waals surface area contributed by atoms with Crippen molar-refractivity contribution in [2.45, 2.75) is 32.6 Å². The fourth-order valence-electron chi connectivity index (χ4n) is 2.53. The lowest BCUT2D eigenvalue weighted by Gasteiger charge is -2.07. The second kappa shape index (κ2) is 11.4. The van der Waals surface area contributed by atoms with Gasteiger partial charge in [-0.05, 0) is 61.6 Å². The molecule has 4 heteroatoms. The molecule has 0 heterocycles. The minimum Gasteiger partial charge on any atom is -0.466 e. The first-order chi connectivity index (χ1) is 12.7. The Labute approximate surface area is 161 Å². The maximum Gasteiger partial charge on any atom is 0.310 e. The molecule has 0 bridgehead atoms. The van der Waals surface area contributed by atoms with Gasteiger partial charge >= 0.3 is 5.97 Å². The van der Waals surface area contributed by atoms with Crippen LogP contribution in [0.1, 0.15) is 37.3 Å². The van der Waals surface area contributed by atoms with Crippen molar-refractivity contribution >= 4 is 29.3 Å². The van der Waals surface area contributed by atoms with Gasteiger partial charge in [-0.2, -0.15) is 0 Å². The third-order valence-corrected chi connectivity index (χ3v) is 4.17. The molecule has 26 heavy (non-hydrogen) atoms. The summed E-state index contributed by atoms with van der Waals surface area (Å²) in [5, 5.41) is 4.18. The van der Waals surface area contributed by atoms with Crippen LogP contribution in [0.25, 0.3) is 6.08 Å². The second-order valence-corrected chi connectivity index (χ2v) is 6.49. The van der Waals surface area contributed by atoms with E-state index in [1.54, 1.807) is 0 Å². The fraction of sp³-hybridized carbons (Fsp3) is 0.318. The van der Waals surface area contributed by atoms with Crippen LogP contribution in [0.2, 0.25) is 5.02 Å². The first kappa shape index (κ1) is 20.1. The van der Waals surface area contributed by atoms with Gasteiger partial charge in [-0.25, -0.2) is 0 Å². The average Bonchev–Trinajstić information content (AvgIpc) is 2.64. The van der Waals surface area contributed by atoms with E-state index in [1.807, 2.05) is 55.5 Å². The van der Waals surface area contributed by atoms with E-state index in [9.17, 15) is 4.79 Å². The molecule has 2 rings (SSSR count). The lowest BCUT2D eigenvalue weighted by atomic mass is 10.1. The summed E-state index contributed by atoms with van der Waals surface area (Å²) in [6.07, 6.45) is 7.96. The number of hydrogen-bond donors (Lipinski definition) is 1. The highest BCUT2D eigenvalue weighted by Crippen LogP contribution is 2.12. The molecule has 1 N–H and O–H groups in total. The third kappa shape index (κ3) is 7.75. The minimum atomic E-state index is -0.181. The van der Waals surface area contributed by atoms with E-state index in [2.05, 4.69) is 17.5 Å². The van der Waals surface area contributed by atoms with Crippen LogP contribution in [0, 0.1) is 0 Å². The highest BCUT2D eigenvalue weighted by Gasteiger charge is 2.03. The molecule has 2 aromatic carbocycles. The smallest absolute Gasteiger partial charge is 0.310 e. The van der Waals surface area contributed by atoms with E-state index in [0.717, 1.165) is 42.1 Å². The second-order valence-electron chi connectivity index (χ2n) is 6.06. The SMILES string of the molecule is CCOC(=O)Cc1ccc(NCCCC/C=C/c2ccc(Cl)cc2)cc1. The molecule has 0 spiro atoms. The zero-order valence-electron chi connectivity index (χ0n) is 15.2. The van der Waals surface area contributed by atoms with Crippen molar-refractivity contribution in [2.75, 3.05) is 18.5 Å². The van der Waals surface area contributed by atoms with Gasteiger partial charge < -0.3 is 10.1 Å². The van der Waals surface area contributed by atoms with E-state index in [-0.39, 0.29) is 5.97 Å². The van der Waals surface area contributed by atoms with Gasteiger partial charge in [0.2, 0.25) is 0 Å². The molecule has 0 aliphatic heterocycles. The molecular weight excluding hydrogens is 346 g/mol. The molecular formula is C22H26ClNO2. The number of anilines is 1. The predicted molar refractivity (Wildman–Crippen MR) is 110 cm³/mol. The molecule has 0 radical (unpaired) electrons. The van der Waals surface area contributed by atoms with Crippen LogP contribution in [0.3, 0.4) is 0 Å². The number of allylic oxidation sites excluding steroid dienone is 1. The van der Waals surface area contributed by atoms with E-state index >= 15 is 0 Å². The van der Waals surface area contributed by atoms with Gasteiger partial charge in [0.05, 0.1) is 13.0 Å². The minimum absolute atomic E-state index is 0.181. The Morgan fingerprint density at radius 2 is 1.81 bits per heavy atom. The molecule has 0 saturated heterocycles. The van der Waals surface area contributed by atoms with Crippen LogP contribution >= 0.6 is 11.6 Å². The zero-order valence-corrected chi connectivity index (χ0v) is 16.0. The number of ether oxygens (including phenoxy) is 1. The van der Waals surface area contributed by atoms with Crippen molar-refractivity contribution < 1.29 is 9.53 Å². The maximum absolute atomic E-state index is 11.5. The summed E-state index contributed by atoms with van der Waals surface area (Å²) in [4.78, 5) is 11.5. The summed E-state index contributed by atoms with van der Waals surface area (Å²) in [7, 11) is 0. The Bertz CT molecular complexity index is 693. The number of rotatable bonds is 10. The Morgan fingerprint density at radius 3 is 2.50 bits per heavy atom. The van der Waals surface area contributed by atoms with Crippen molar-refractivity contribution in [1.82, 2.24) is 0 Å². The molecule has 0 aliphatic carbocycles. The highest BCUT2D eigenvalue weighted by atomic mass is 35.5. The van der Waals surface area contributed by atoms with E-state index in [4.69, 9.17) is 16.3 Å². The number of esters is 1. The summed E-state index contributed by atoms with van der Waals surface area (Å²) in [5.41, 5.74) is 3.23. The summed E-state index contributed by atoms with van der Waals surface area (Å²) >= 11 is 5.87. The van der Waals surface area contributed by atoms with E-state index in [0.29, 0.717) is 13.0 Å². The number of carbonyl (C=O) groups is 1. The molecule has 138 valence electrons. The van der Waals surface area contributed by atoms with Crippen LogP contribution in [-0.4, -0.2) is 19.1 Å². The van der Waals surface area contributed by atoms with Crippen LogP contribution in [0.5, 0.6) is 0 Å². The molecule has 0 unspecified atom stereocenters. The normalized spacial score (nSPS) is 10.8. The lowest BCUT2D eigenvalue weighted by molar-refractivity contribution is -0.142. The Balaban J connectivity index is 1.60. The predicted octanol–water partition coefficient (Wildman–Crippen LogP) is 5.74. The number of unbranched alkanes of at least 4 members (excludes halogenated alkanes) is 2. The first-order valence-corrected chi connectivity index (χ1v) is 9.45. The summed E-state index contributed by atoms with van der Waals surface area (Å²) in [6.45, 7) is 3.18. The summed E-state index contributed by atoms with van der Waals surface area (Å²) in [5.74, 6) is -0.181. The van der Waals surface area contributed by atoms with Gasteiger partial charge in [0.1, 0.15) is 0 Å². The number of hydrogen-bond acceptors (Lipinski definition) is 3. The van der Waals surface area contributed by atoms with Gasteiger partial charge in [0.15, 0.2) is 0 Å². The fourth-order valence-corrected chi connectivity index (χ4v) is 2.66. The maximum atomic E-state index is 11.5. The topological polar surface area (TPSA) is 38.3 Å². The lowest BCUT2D eigenvalue weighted by Crippen LogP contribution is -2.07. The average molecular weight is 372 g/mol. The van der Waals surface area contributed by atoms with Crippen LogP contribution in [0.4, 0.5) is 5.69 Å². The zero-order chi connectivity index (χ0) is 18.6. The molecule has 2 aromatic rings. The highest BCUT2D eigenvalue weighted by molar-refractivity contribution is 6.30. The number of nitrogens with one attached hydrogen (secondary N) is 1. The third-order valence-electron chi connectivity index (χ3n) is 3.91. The molecule has 0 amide bonds. The Hall–Kier alpha value is -2.26. The van der Waals surface area contributed by atoms with E-state index < -0.39 is 0 Å². The van der Waals surface area contributed by atoms with E-state index in [1.165, 1.54) is 5.56 Å². The molecule has 0 aliphatic rings. The van der Waals surface area contributed by atoms with Crippen LogP contribution in [-0.2, 0) is 16.0 Å². The van der Waals surface area contributed by atoms with Gasteiger partial charge in [-0.1, -0.05) is 48.0 Å². The van der Waals surface area contributed by atoms with Gasteiger partial charge in [0.25, 0.3) is 0 Å².